The van der Waals surface area contributed by atoms with Crippen molar-refractivity contribution < 1.29 is 9.53 Å². The normalized spacial score (nSPS) is 22.8. The smallest absolute Gasteiger partial charge is 0.311 e. The number of carbonyl (C=O) groups is 1. The van der Waals surface area contributed by atoms with Gasteiger partial charge in [-0.25, -0.2) is 0 Å². The first-order valence-electron chi connectivity index (χ1n) is 5.43. The quantitative estimate of drug-likeness (QED) is 0.802. The Labute approximate surface area is 112 Å². The minimum absolute atomic E-state index is 0. The molecule has 0 aliphatic heterocycles. The highest BCUT2D eigenvalue weighted by molar-refractivity contribution is 7.10. The van der Waals surface area contributed by atoms with E-state index < -0.39 is 5.60 Å². The van der Waals surface area contributed by atoms with Gasteiger partial charge in [0.1, 0.15) is 5.60 Å². The van der Waals surface area contributed by atoms with Crippen molar-refractivity contribution in [1.82, 2.24) is 0 Å². The average Bonchev–Trinajstić information content (AvgIpc) is 2.66. The summed E-state index contributed by atoms with van der Waals surface area (Å²) in [6.45, 7) is 5.63. The molecule has 1 heterocycles. The van der Waals surface area contributed by atoms with Crippen LogP contribution in [0.3, 0.4) is 0 Å². The van der Waals surface area contributed by atoms with E-state index in [9.17, 15) is 4.79 Å². The van der Waals surface area contributed by atoms with E-state index in [2.05, 4.69) is 0 Å². The topological polar surface area (TPSA) is 52.3 Å². The van der Waals surface area contributed by atoms with Gasteiger partial charge in [0.05, 0.1) is 5.92 Å². The minimum atomic E-state index is -0.438. The Morgan fingerprint density at radius 1 is 1.53 bits per heavy atom. The molecule has 0 saturated carbocycles. The molecular weight excluding hydrogens is 258 g/mol. The van der Waals surface area contributed by atoms with Crippen molar-refractivity contribution in [2.24, 2.45) is 11.7 Å². The van der Waals surface area contributed by atoms with Crippen LogP contribution in [0.1, 0.15) is 37.3 Å². The summed E-state index contributed by atoms with van der Waals surface area (Å²) in [6, 6.07) is 1.81. The molecule has 2 rings (SSSR count). The first-order valence-corrected chi connectivity index (χ1v) is 6.31. The van der Waals surface area contributed by atoms with E-state index in [0.717, 1.165) is 12.0 Å². The molecule has 2 atom stereocenters. The van der Waals surface area contributed by atoms with Crippen LogP contribution in [-0.2, 0) is 16.0 Å². The predicted octanol–water partition coefficient (Wildman–Crippen LogP) is 2.68. The summed E-state index contributed by atoms with van der Waals surface area (Å²) in [6.07, 6.45) is 0.725. The van der Waals surface area contributed by atoms with Gasteiger partial charge >= 0.3 is 5.97 Å². The van der Waals surface area contributed by atoms with Crippen LogP contribution in [0.4, 0.5) is 0 Å². The zero-order valence-electron chi connectivity index (χ0n) is 10.2. The van der Waals surface area contributed by atoms with Gasteiger partial charge in [-0.2, -0.15) is 0 Å². The number of ether oxygens (including phenoxy) is 1. The molecule has 5 heteroatoms. The second-order valence-corrected chi connectivity index (χ2v) is 6.17. The van der Waals surface area contributed by atoms with Crippen LogP contribution in [0.25, 0.3) is 0 Å². The van der Waals surface area contributed by atoms with Gasteiger partial charge in [-0.15, -0.1) is 23.7 Å². The summed E-state index contributed by atoms with van der Waals surface area (Å²) in [5.41, 5.74) is 6.73. The second-order valence-electron chi connectivity index (χ2n) is 5.17. The van der Waals surface area contributed by atoms with Crippen molar-refractivity contribution in [2.75, 3.05) is 0 Å². The largest absolute Gasteiger partial charge is 0.460 e. The number of fused-ring (bicyclic) bond motifs is 1. The third-order valence-electron chi connectivity index (χ3n) is 2.69. The number of hydrogen-bond donors (Lipinski definition) is 1. The molecule has 1 aromatic heterocycles. The molecule has 1 aliphatic rings. The summed E-state index contributed by atoms with van der Waals surface area (Å²) in [5, 5.41) is 2.02. The maximum Gasteiger partial charge on any atom is 0.311 e. The lowest BCUT2D eigenvalue weighted by Gasteiger charge is -2.23. The van der Waals surface area contributed by atoms with Crippen molar-refractivity contribution in [3.05, 3.63) is 21.9 Å². The first-order chi connectivity index (χ1) is 7.38. The Hall–Kier alpha value is -0.580. The second kappa shape index (κ2) is 4.96. The van der Waals surface area contributed by atoms with E-state index in [-0.39, 0.29) is 30.3 Å². The van der Waals surface area contributed by atoms with Gasteiger partial charge in [0.25, 0.3) is 0 Å². The maximum absolute atomic E-state index is 11.9. The van der Waals surface area contributed by atoms with Crippen molar-refractivity contribution in [3.63, 3.8) is 0 Å². The molecule has 0 spiro atoms. The third-order valence-corrected chi connectivity index (χ3v) is 3.65. The highest BCUT2D eigenvalue weighted by Crippen LogP contribution is 2.38. The van der Waals surface area contributed by atoms with E-state index in [0.29, 0.717) is 0 Å². The van der Waals surface area contributed by atoms with Crippen molar-refractivity contribution in [2.45, 2.75) is 38.8 Å². The number of halogens is 1. The van der Waals surface area contributed by atoms with Crippen molar-refractivity contribution in [3.8, 4) is 0 Å². The van der Waals surface area contributed by atoms with Gasteiger partial charge in [-0.05, 0) is 44.2 Å². The monoisotopic (exact) mass is 275 g/mol. The molecule has 3 nitrogen and oxygen atoms in total. The average molecular weight is 276 g/mol. The molecule has 0 aromatic carbocycles. The summed E-state index contributed by atoms with van der Waals surface area (Å²) in [7, 11) is 0. The highest BCUT2D eigenvalue weighted by atomic mass is 35.5. The molecule has 2 N–H and O–H groups in total. The molecule has 0 bridgehead atoms. The Morgan fingerprint density at radius 2 is 2.18 bits per heavy atom. The molecule has 1 aromatic rings. The van der Waals surface area contributed by atoms with Crippen LogP contribution >= 0.6 is 23.7 Å². The number of hydrogen-bond acceptors (Lipinski definition) is 4. The molecule has 0 saturated heterocycles. The summed E-state index contributed by atoms with van der Waals surface area (Å²) in [5.74, 6) is -0.384. The van der Waals surface area contributed by atoms with Crippen LogP contribution in [0.5, 0.6) is 0 Å². The molecule has 0 radical (unpaired) electrons. The first kappa shape index (κ1) is 14.5. The molecule has 1 aliphatic carbocycles. The van der Waals surface area contributed by atoms with Gasteiger partial charge in [-0.1, -0.05) is 0 Å². The summed E-state index contributed by atoms with van der Waals surface area (Å²) < 4.78 is 5.38. The van der Waals surface area contributed by atoms with Gasteiger partial charge in [-0.3, -0.25) is 4.79 Å². The Kier molecular flexibility index (Phi) is 4.23. The van der Waals surface area contributed by atoms with E-state index in [1.54, 1.807) is 11.3 Å². The van der Waals surface area contributed by atoms with Gasteiger partial charge in [0.2, 0.25) is 0 Å². The summed E-state index contributed by atoms with van der Waals surface area (Å²) in [4.78, 5) is 13.2. The fourth-order valence-corrected chi connectivity index (χ4v) is 2.96. The lowest BCUT2D eigenvalue weighted by Crippen LogP contribution is -2.32. The van der Waals surface area contributed by atoms with Crippen LogP contribution in [0, 0.1) is 5.92 Å². The Bertz CT molecular complexity index is 411. The standard InChI is InChI=1S/C12H17NO2S.ClH/c1-12(2,3)15-11(14)8-6-9-7(10(8)13)4-5-16-9;/h4-5,8,10H,6,13H2,1-3H3;1H/t8-,10-;/m1./s1. The van der Waals surface area contributed by atoms with Crippen LogP contribution in [0.15, 0.2) is 11.4 Å². The lowest BCUT2D eigenvalue weighted by molar-refractivity contribution is -0.160. The number of esters is 1. The fourth-order valence-electron chi connectivity index (χ4n) is 1.96. The Morgan fingerprint density at radius 3 is 2.71 bits per heavy atom. The molecular formula is C12H18ClNO2S. The molecule has 96 valence electrons. The Balaban J connectivity index is 0.00000144. The maximum atomic E-state index is 11.9. The molecule has 17 heavy (non-hydrogen) atoms. The van der Waals surface area contributed by atoms with Crippen LogP contribution in [0.2, 0.25) is 0 Å². The fraction of sp³-hybridized carbons (Fsp3) is 0.583. The SMILES string of the molecule is CC(C)(C)OC(=O)[C@@H]1Cc2sccc2[C@H]1N.Cl. The van der Waals surface area contributed by atoms with Gasteiger partial charge in [0.15, 0.2) is 0 Å². The number of nitrogens with two attached hydrogens (primary N) is 1. The minimum Gasteiger partial charge on any atom is -0.460 e. The zero-order valence-corrected chi connectivity index (χ0v) is 11.9. The zero-order chi connectivity index (χ0) is 11.9. The molecule has 0 unspecified atom stereocenters. The predicted molar refractivity (Wildman–Crippen MR) is 71.5 cm³/mol. The van der Waals surface area contributed by atoms with E-state index in [1.807, 2.05) is 32.2 Å². The lowest BCUT2D eigenvalue weighted by atomic mass is 10.0. The number of rotatable bonds is 1. The van der Waals surface area contributed by atoms with Crippen molar-refractivity contribution in [1.29, 1.82) is 0 Å². The third kappa shape index (κ3) is 3.00. The van der Waals surface area contributed by atoms with E-state index >= 15 is 0 Å². The number of thiophene rings is 1. The van der Waals surface area contributed by atoms with E-state index in [4.69, 9.17) is 10.5 Å². The summed E-state index contributed by atoms with van der Waals surface area (Å²) >= 11 is 1.67. The van der Waals surface area contributed by atoms with Gasteiger partial charge < -0.3 is 10.5 Å². The number of carbonyl (C=O) groups excluding carboxylic acids is 1. The molecule has 0 fully saturated rings. The van der Waals surface area contributed by atoms with Crippen LogP contribution < -0.4 is 5.73 Å². The molecule has 0 amide bonds. The van der Waals surface area contributed by atoms with E-state index in [1.165, 1.54) is 4.88 Å². The van der Waals surface area contributed by atoms with Gasteiger partial charge in [0, 0.05) is 10.9 Å². The van der Waals surface area contributed by atoms with Crippen molar-refractivity contribution >= 4 is 29.7 Å². The highest BCUT2D eigenvalue weighted by Gasteiger charge is 2.38. The van der Waals surface area contributed by atoms with Crippen LogP contribution in [-0.4, -0.2) is 11.6 Å².